The Hall–Kier alpha value is -6.06. The van der Waals surface area contributed by atoms with E-state index < -0.39 is 35.3 Å². The van der Waals surface area contributed by atoms with Crippen LogP contribution < -0.4 is 20.1 Å². The highest BCUT2D eigenvalue weighted by molar-refractivity contribution is 5.97. The van der Waals surface area contributed by atoms with Crippen LogP contribution in [0.3, 0.4) is 0 Å². The fourth-order valence-corrected chi connectivity index (χ4v) is 9.58. The van der Waals surface area contributed by atoms with Gasteiger partial charge in [-0.05, 0) is 86.1 Å². The molecule has 2 heterocycles. The molecule has 0 unspecified atom stereocenters. The Morgan fingerprint density at radius 3 is 2.00 bits per heavy atom. The zero-order valence-corrected chi connectivity index (χ0v) is 43.8. The molecule has 390 valence electrons. The molecule has 0 spiro atoms. The number of ether oxygens (including phenoxy) is 3. The van der Waals surface area contributed by atoms with Crippen LogP contribution in [0.25, 0.3) is 0 Å². The fraction of sp³-hybridized carbons (Fsp3) is 0.526. The van der Waals surface area contributed by atoms with Crippen LogP contribution in [0.2, 0.25) is 0 Å². The normalized spacial score (nSPS) is 16.3. The van der Waals surface area contributed by atoms with Gasteiger partial charge in [-0.15, -0.1) is 0 Å². The summed E-state index contributed by atoms with van der Waals surface area (Å²) in [5.41, 5.74) is 3.01. The zero-order chi connectivity index (χ0) is 51.1. The molecule has 2 aliphatic rings. The third-order valence-corrected chi connectivity index (χ3v) is 13.7. The van der Waals surface area contributed by atoms with E-state index in [1.54, 1.807) is 19.3 Å². The Morgan fingerprint density at radius 2 is 1.40 bits per heavy atom. The quantitative estimate of drug-likeness (QED) is 0.0248. The van der Waals surface area contributed by atoms with Gasteiger partial charge in [-0.2, -0.15) is 0 Å². The number of nitrogens with one attached hydrogen (secondary N) is 2. The molecule has 72 heavy (non-hydrogen) atoms. The van der Waals surface area contributed by atoms with Crippen LogP contribution in [0.4, 0.5) is 0 Å². The average Bonchev–Trinajstić information content (AvgIpc) is 3.95. The molecule has 1 aliphatic carbocycles. The number of Topliss-reactive ketones (excluding diaryl/α,β-unsaturated/α-hetero) is 3. The first-order chi connectivity index (χ1) is 33.9. The summed E-state index contributed by atoms with van der Waals surface area (Å²) in [5, 5.41) is 14.1. The molecule has 4 aromatic rings. The van der Waals surface area contributed by atoms with Crippen LogP contribution in [0.15, 0.2) is 85.1 Å². The van der Waals surface area contributed by atoms with Gasteiger partial charge in [-0.25, -0.2) is 0 Å². The second-order valence-electron chi connectivity index (χ2n) is 21.1. The van der Waals surface area contributed by atoms with Gasteiger partial charge in [0.05, 0.1) is 31.5 Å². The molecule has 15 heteroatoms. The van der Waals surface area contributed by atoms with E-state index in [1.807, 2.05) is 107 Å². The number of hydrogen-bond donors (Lipinski definition) is 2. The third-order valence-electron chi connectivity index (χ3n) is 13.7. The lowest BCUT2D eigenvalue weighted by atomic mass is 9.87. The van der Waals surface area contributed by atoms with Crippen LogP contribution in [0, 0.1) is 36.5 Å². The largest absolute Gasteiger partial charge is 0.470 e. The zero-order valence-electron chi connectivity index (χ0n) is 43.8. The SMILES string of the molecule is CC(=O)Oc1ccc(C[N+]2(CC(=O)C[C@@H](CCc3ccccc3)C(=O)N[C@@H](CC(C)C)C(=O)C[C@@H](Cc3ccccc3)C(=O)N[C@@H](CC(C)C)C(=O)C3(C)CC3)CCOCC2)cc1COc1cn(C)nn1.[CH3-]. The number of ketones is 3. The molecule has 2 fully saturated rings. The van der Waals surface area contributed by atoms with Gasteiger partial charge < -0.3 is 36.8 Å². The smallest absolute Gasteiger partial charge is 0.308 e. The molecular formula is C57H78N6O9. The average molecular weight is 991 g/mol. The van der Waals surface area contributed by atoms with Crippen molar-refractivity contribution >= 4 is 35.1 Å². The van der Waals surface area contributed by atoms with Crippen molar-refractivity contribution in [2.24, 2.45) is 36.1 Å². The van der Waals surface area contributed by atoms with Crippen molar-refractivity contribution in [3.05, 3.63) is 115 Å². The van der Waals surface area contributed by atoms with Crippen molar-refractivity contribution in [2.75, 3.05) is 32.8 Å². The van der Waals surface area contributed by atoms with Crippen molar-refractivity contribution in [1.29, 1.82) is 0 Å². The van der Waals surface area contributed by atoms with Crippen molar-refractivity contribution < 1.29 is 47.5 Å². The van der Waals surface area contributed by atoms with Crippen LogP contribution in [0.1, 0.15) is 109 Å². The number of morpholine rings is 1. The molecule has 2 amide bonds. The number of benzene rings is 3. The van der Waals surface area contributed by atoms with Crippen LogP contribution in [-0.2, 0) is 66.5 Å². The van der Waals surface area contributed by atoms with E-state index in [1.165, 1.54) is 11.6 Å². The van der Waals surface area contributed by atoms with Gasteiger partial charge in [0.2, 0.25) is 11.8 Å². The lowest BCUT2D eigenvalue weighted by molar-refractivity contribution is -0.940. The number of esters is 1. The summed E-state index contributed by atoms with van der Waals surface area (Å²) in [6, 6.07) is 23.3. The molecule has 1 saturated heterocycles. The molecule has 4 atom stereocenters. The summed E-state index contributed by atoms with van der Waals surface area (Å²) >= 11 is 0. The minimum atomic E-state index is -0.902. The van der Waals surface area contributed by atoms with Gasteiger partial charge in [-0.1, -0.05) is 106 Å². The maximum Gasteiger partial charge on any atom is 0.308 e. The van der Waals surface area contributed by atoms with E-state index in [-0.39, 0.29) is 80.8 Å². The summed E-state index contributed by atoms with van der Waals surface area (Å²) in [7, 11) is 1.73. The second kappa shape index (κ2) is 26.6. The molecule has 0 radical (unpaired) electrons. The molecule has 1 aromatic heterocycles. The molecular weight excluding hydrogens is 913 g/mol. The number of aromatic nitrogens is 3. The lowest BCUT2D eigenvalue weighted by Crippen LogP contribution is -2.57. The Morgan fingerprint density at radius 1 is 0.792 bits per heavy atom. The minimum absolute atomic E-state index is 0. The first-order valence-corrected chi connectivity index (χ1v) is 25.4. The first kappa shape index (κ1) is 56.8. The first-order valence-electron chi connectivity index (χ1n) is 25.4. The standard InChI is InChI=1S/C56H74N6O9.CH3/c1-38(2)28-48(50(65)33-45(30-42-16-12-9-13-17-42)55(68)58-49(29-39(3)4)53(66)56(6)22-23-56)57-54(67)44(20-18-41-14-10-8-11-15-41)32-47(64)36-62(24-26-69-27-25-62)35-43-19-21-51(71-40(5)63)46(31-43)37-70-52-34-61(7)60-59-52;/h8-17,19,21,31,34,38-39,44-45,48-49H,18,20,22-30,32-33,35-37H2,1-7H3,(H-,57,58,67,68);1H3/q;-1/p+1/t44-,45-,48+,49+;/m1./s1. The summed E-state index contributed by atoms with van der Waals surface area (Å²) in [5.74, 6) is -2.17. The summed E-state index contributed by atoms with van der Waals surface area (Å²) < 4.78 is 19.2. The van der Waals surface area contributed by atoms with Gasteiger partial charge in [0.25, 0.3) is 5.88 Å². The Balaban J connectivity index is 0.00000963. The van der Waals surface area contributed by atoms with E-state index in [4.69, 9.17) is 14.2 Å². The van der Waals surface area contributed by atoms with Gasteiger partial charge in [0, 0.05) is 55.2 Å². The Kier molecular flexibility index (Phi) is 21.0. The lowest BCUT2D eigenvalue weighted by Gasteiger charge is -2.41. The van der Waals surface area contributed by atoms with Crippen molar-refractivity contribution in [1.82, 2.24) is 25.6 Å². The molecule has 15 nitrogen and oxygen atoms in total. The number of nitrogens with zero attached hydrogens (tertiary/aromatic N) is 4. The summed E-state index contributed by atoms with van der Waals surface area (Å²) in [6.07, 6.45) is 5.12. The maximum atomic E-state index is 14.7. The van der Waals surface area contributed by atoms with E-state index >= 15 is 0 Å². The fourth-order valence-electron chi connectivity index (χ4n) is 9.58. The highest BCUT2D eigenvalue weighted by atomic mass is 16.5. The number of hydrogen-bond acceptors (Lipinski definition) is 11. The molecule has 1 aliphatic heterocycles. The van der Waals surface area contributed by atoms with Gasteiger partial charge >= 0.3 is 5.97 Å². The second-order valence-corrected chi connectivity index (χ2v) is 21.1. The van der Waals surface area contributed by atoms with Gasteiger partial charge in [0.1, 0.15) is 38.5 Å². The highest BCUT2D eigenvalue weighted by Crippen LogP contribution is 2.47. The molecule has 1 saturated carbocycles. The summed E-state index contributed by atoms with van der Waals surface area (Å²) in [4.78, 5) is 83.9. The number of quaternary nitrogens is 1. The van der Waals surface area contributed by atoms with E-state index in [9.17, 15) is 28.8 Å². The number of carbonyl (C=O) groups is 6. The van der Waals surface area contributed by atoms with Crippen LogP contribution in [0.5, 0.6) is 11.6 Å². The van der Waals surface area contributed by atoms with Crippen molar-refractivity contribution in [2.45, 2.75) is 125 Å². The Bertz CT molecular complexity index is 2430. The number of rotatable bonds is 28. The van der Waals surface area contributed by atoms with E-state index in [2.05, 4.69) is 20.9 Å². The van der Waals surface area contributed by atoms with Crippen LogP contribution >= 0.6 is 0 Å². The third kappa shape index (κ3) is 17.3. The van der Waals surface area contributed by atoms with Gasteiger partial charge in [0.15, 0.2) is 17.3 Å². The number of amides is 2. The topological polar surface area (TPSA) is 185 Å². The Labute approximate surface area is 426 Å². The highest BCUT2D eigenvalue weighted by Gasteiger charge is 2.48. The number of carbonyl (C=O) groups excluding carboxylic acids is 6. The molecule has 6 rings (SSSR count). The predicted molar refractivity (Wildman–Crippen MR) is 275 cm³/mol. The molecule has 2 N–H and O–H groups in total. The predicted octanol–water partition coefficient (Wildman–Crippen LogP) is 7.57. The number of aryl methyl sites for hydroxylation is 2. The van der Waals surface area contributed by atoms with Crippen molar-refractivity contribution in [3.8, 4) is 11.6 Å². The van der Waals surface area contributed by atoms with Crippen LogP contribution in [-0.4, -0.2) is 99.5 Å². The maximum absolute atomic E-state index is 14.7. The van der Waals surface area contributed by atoms with Crippen molar-refractivity contribution in [3.63, 3.8) is 0 Å². The van der Waals surface area contributed by atoms with E-state index in [0.29, 0.717) is 80.2 Å². The van der Waals surface area contributed by atoms with E-state index in [0.717, 1.165) is 29.5 Å². The monoisotopic (exact) mass is 991 g/mol. The molecule has 0 bridgehead atoms. The minimum Gasteiger partial charge on any atom is -0.470 e. The van der Waals surface area contributed by atoms with Gasteiger partial charge in [-0.3, -0.25) is 33.4 Å². The summed E-state index contributed by atoms with van der Waals surface area (Å²) in [6.45, 7) is 14.1. The molecule has 3 aromatic carbocycles.